The van der Waals surface area contributed by atoms with Gasteiger partial charge in [0.25, 0.3) is 5.91 Å². The van der Waals surface area contributed by atoms with Crippen LogP contribution in [0.3, 0.4) is 0 Å². The molecule has 1 aromatic carbocycles. The second kappa shape index (κ2) is 4.58. The van der Waals surface area contributed by atoms with E-state index in [2.05, 4.69) is 5.10 Å². The van der Waals surface area contributed by atoms with E-state index in [4.69, 9.17) is 11.5 Å². The summed E-state index contributed by atoms with van der Waals surface area (Å²) in [6, 6.07) is 5.69. The molecule has 0 unspecified atom stereocenters. The number of amides is 1. The molecular formula is C12H13FN4O. The second-order valence-corrected chi connectivity index (χ2v) is 3.98. The highest BCUT2D eigenvalue weighted by molar-refractivity contribution is 5.90. The molecule has 0 saturated carbocycles. The van der Waals surface area contributed by atoms with Crippen molar-refractivity contribution in [1.29, 1.82) is 0 Å². The number of primary amides is 1. The van der Waals surface area contributed by atoms with Gasteiger partial charge in [0.2, 0.25) is 0 Å². The molecule has 6 heteroatoms. The first kappa shape index (κ1) is 12.3. The summed E-state index contributed by atoms with van der Waals surface area (Å²) in [6.45, 7) is 1.75. The van der Waals surface area contributed by atoms with Crippen LogP contribution in [0, 0.1) is 5.82 Å². The van der Waals surface area contributed by atoms with Gasteiger partial charge in [0.1, 0.15) is 17.2 Å². The van der Waals surface area contributed by atoms with Gasteiger partial charge in [0, 0.05) is 12.2 Å². The average Bonchev–Trinajstić information content (AvgIpc) is 2.77. The lowest BCUT2D eigenvalue weighted by molar-refractivity contribution is 0.0995. The highest BCUT2D eigenvalue weighted by Crippen LogP contribution is 2.22. The Bertz CT molecular complexity index is 592. The van der Waals surface area contributed by atoms with Crippen LogP contribution in [0.2, 0.25) is 0 Å². The molecule has 0 saturated heterocycles. The third-order valence-electron chi connectivity index (χ3n) is 2.58. The fourth-order valence-electron chi connectivity index (χ4n) is 1.72. The van der Waals surface area contributed by atoms with Gasteiger partial charge in [0.15, 0.2) is 0 Å². The fourth-order valence-corrected chi connectivity index (χ4v) is 1.72. The Morgan fingerprint density at radius 2 is 2.17 bits per heavy atom. The van der Waals surface area contributed by atoms with Crippen molar-refractivity contribution in [2.75, 3.05) is 0 Å². The number of benzene rings is 1. The molecule has 1 amide bonds. The van der Waals surface area contributed by atoms with E-state index in [9.17, 15) is 9.18 Å². The van der Waals surface area contributed by atoms with Gasteiger partial charge in [-0.25, -0.2) is 9.07 Å². The summed E-state index contributed by atoms with van der Waals surface area (Å²) in [6.07, 6.45) is 1.48. The Morgan fingerprint density at radius 1 is 1.44 bits per heavy atom. The van der Waals surface area contributed by atoms with Crippen molar-refractivity contribution in [3.63, 3.8) is 0 Å². The van der Waals surface area contributed by atoms with Gasteiger partial charge in [0.05, 0.1) is 0 Å². The first-order valence-electron chi connectivity index (χ1n) is 5.40. The van der Waals surface area contributed by atoms with Crippen LogP contribution in [0.1, 0.15) is 29.0 Å². The van der Waals surface area contributed by atoms with E-state index in [1.807, 2.05) is 0 Å². The maximum absolute atomic E-state index is 13.9. The number of rotatable bonds is 3. The van der Waals surface area contributed by atoms with Crippen molar-refractivity contribution in [3.8, 4) is 5.69 Å². The van der Waals surface area contributed by atoms with Gasteiger partial charge in [-0.05, 0) is 24.6 Å². The molecule has 0 aliphatic carbocycles. The van der Waals surface area contributed by atoms with Gasteiger partial charge in [-0.1, -0.05) is 12.1 Å². The molecular weight excluding hydrogens is 235 g/mol. The van der Waals surface area contributed by atoms with Crippen LogP contribution in [0.15, 0.2) is 30.5 Å². The predicted molar refractivity (Wildman–Crippen MR) is 64.6 cm³/mol. The van der Waals surface area contributed by atoms with Crippen LogP contribution < -0.4 is 11.5 Å². The largest absolute Gasteiger partial charge is 0.364 e. The smallest absolute Gasteiger partial charge is 0.269 e. The van der Waals surface area contributed by atoms with Crippen molar-refractivity contribution in [1.82, 2.24) is 9.78 Å². The molecule has 0 spiro atoms. The van der Waals surface area contributed by atoms with E-state index < -0.39 is 11.7 Å². The van der Waals surface area contributed by atoms with E-state index >= 15 is 0 Å². The van der Waals surface area contributed by atoms with E-state index in [1.165, 1.54) is 23.0 Å². The van der Waals surface area contributed by atoms with Crippen molar-refractivity contribution in [3.05, 3.63) is 47.5 Å². The number of halogens is 1. The molecule has 2 aromatic rings. The van der Waals surface area contributed by atoms with Gasteiger partial charge >= 0.3 is 0 Å². The van der Waals surface area contributed by atoms with Crippen molar-refractivity contribution >= 4 is 5.91 Å². The fraction of sp³-hybridized carbons (Fsp3) is 0.167. The van der Waals surface area contributed by atoms with Crippen LogP contribution in [0.25, 0.3) is 5.69 Å². The molecule has 5 nitrogen and oxygen atoms in total. The number of carbonyl (C=O) groups excluding carboxylic acids is 1. The Kier molecular flexibility index (Phi) is 3.12. The quantitative estimate of drug-likeness (QED) is 0.853. The topological polar surface area (TPSA) is 86.9 Å². The molecule has 1 atom stereocenters. The first-order valence-corrected chi connectivity index (χ1v) is 5.40. The average molecular weight is 248 g/mol. The third-order valence-corrected chi connectivity index (χ3v) is 2.58. The van der Waals surface area contributed by atoms with Gasteiger partial charge in [-0.2, -0.15) is 5.10 Å². The summed E-state index contributed by atoms with van der Waals surface area (Å²) in [7, 11) is 0. The zero-order valence-corrected chi connectivity index (χ0v) is 9.80. The first-order chi connectivity index (χ1) is 8.50. The monoisotopic (exact) mass is 248 g/mol. The normalized spacial score (nSPS) is 12.4. The van der Waals surface area contributed by atoms with E-state index in [-0.39, 0.29) is 17.4 Å². The molecule has 0 bridgehead atoms. The number of aromatic nitrogens is 2. The van der Waals surface area contributed by atoms with E-state index in [1.54, 1.807) is 19.1 Å². The Balaban J connectivity index is 2.58. The molecule has 2 rings (SSSR count). The van der Waals surface area contributed by atoms with Crippen LogP contribution in [-0.2, 0) is 0 Å². The Morgan fingerprint density at radius 3 is 2.72 bits per heavy atom. The number of hydrogen-bond acceptors (Lipinski definition) is 3. The summed E-state index contributed by atoms with van der Waals surface area (Å²) in [5.41, 5.74) is 11.8. The number of hydrogen-bond donors (Lipinski definition) is 2. The summed E-state index contributed by atoms with van der Waals surface area (Å²) in [5, 5.41) is 3.93. The lowest BCUT2D eigenvalue weighted by Gasteiger charge is -2.13. The molecule has 4 N–H and O–H groups in total. The molecule has 0 radical (unpaired) electrons. The van der Waals surface area contributed by atoms with Gasteiger partial charge in [-0.15, -0.1) is 0 Å². The zero-order chi connectivity index (χ0) is 13.3. The van der Waals surface area contributed by atoms with Crippen molar-refractivity contribution in [2.45, 2.75) is 13.0 Å². The molecule has 18 heavy (non-hydrogen) atoms. The highest BCUT2D eigenvalue weighted by atomic mass is 19.1. The van der Waals surface area contributed by atoms with Crippen LogP contribution in [-0.4, -0.2) is 15.7 Å². The maximum Gasteiger partial charge on any atom is 0.269 e. The number of nitrogens with zero attached hydrogens (tertiary/aromatic N) is 2. The van der Waals surface area contributed by atoms with E-state index in [0.29, 0.717) is 5.56 Å². The van der Waals surface area contributed by atoms with Crippen molar-refractivity contribution in [2.24, 2.45) is 11.5 Å². The predicted octanol–water partition coefficient (Wildman–Crippen LogP) is 1.13. The molecule has 1 aromatic heterocycles. The summed E-state index contributed by atoms with van der Waals surface area (Å²) >= 11 is 0. The van der Waals surface area contributed by atoms with Crippen LogP contribution in [0.5, 0.6) is 0 Å². The molecule has 0 aliphatic heterocycles. The number of carbonyl (C=O) groups is 1. The summed E-state index contributed by atoms with van der Waals surface area (Å²) in [4.78, 5) is 11.0. The van der Waals surface area contributed by atoms with Gasteiger partial charge < -0.3 is 11.5 Å². The molecule has 1 heterocycles. The van der Waals surface area contributed by atoms with E-state index in [0.717, 1.165) is 0 Å². The third kappa shape index (κ3) is 2.10. The molecule has 0 fully saturated rings. The second-order valence-electron chi connectivity index (χ2n) is 3.98. The minimum absolute atomic E-state index is 0.0777. The zero-order valence-electron chi connectivity index (χ0n) is 9.80. The minimum atomic E-state index is -0.660. The van der Waals surface area contributed by atoms with Crippen molar-refractivity contribution < 1.29 is 9.18 Å². The standard InChI is InChI=1S/C12H13FN4O/c1-7(14)8-3-2-4-9(13)11(8)17-6-5-10(16-17)12(15)18/h2-7H,14H2,1H3,(H2,15,18)/t7-/m0/s1. The highest BCUT2D eigenvalue weighted by Gasteiger charge is 2.15. The lowest BCUT2D eigenvalue weighted by atomic mass is 10.1. The molecule has 94 valence electrons. The Hall–Kier alpha value is -2.21. The maximum atomic E-state index is 13.9. The molecule has 0 aliphatic rings. The van der Waals surface area contributed by atoms with Crippen LogP contribution in [0.4, 0.5) is 4.39 Å². The van der Waals surface area contributed by atoms with Gasteiger partial charge in [-0.3, -0.25) is 4.79 Å². The summed E-state index contributed by atoms with van der Waals surface area (Å²) < 4.78 is 15.1. The lowest BCUT2D eigenvalue weighted by Crippen LogP contribution is -2.14. The summed E-state index contributed by atoms with van der Waals surface area (Å²) in [5.74, 6) is -1.11. The number of para-hydroxylation sites is 1. The van der Waals surface area contributed by atoms with Crippen LogP contribution >= 0.6 is 0 Å². The minimum Gasteiger partial charge on any atom is -0.364 e. The Labute approximate surface area is 103 Å². The number of nitrogens with two attached hydrogens (primary N) is 2. The SMILES string of the molecule is C[C@H](N)c1cccc(F)c1-n1ccc(C(N)=O)n1.